The Kier molecular flexibility index (Phi) is 2.69. The quantitative estimate of drug-likeness (QED) is 0.803. The summed E-state index contributed by atoms with van der Waals surface area (Å²) in [7, 11) is 0. The van der Waals surface area contributed by atoms with Crippen LogP contribution < -0.4 is 5.32 Å². The van der Waals surface area contributed by atoms with Gasteiger partial charge >= 0.3 is 0 Å². The molecule has 0 aromatic heterocycles. The first kappa shape index (κ1) is 11.2. The van der Waals surface area contributed by atoms with E-state index < -0.39 is 5.79 Å². The van der Waals surface area contributed by atoms with Gasteiger partial charge in [0.15, 0.2) is 5.79 Å². The smallest absolute Gasteiger partial charge is 0.163 e. The molecule has 0 radical (unpaired) electrons. The zero-order valence-corrected chi connectivity index (χ0v) is 10.3. The van der Waals surface area contributed by atoms with Crippen LogP contribution in [0.15, 0.2) is 30.3 Å². The third kappa shape index (κ3) is 2.10. The number of hydrogen-bond acceptors (Lipinski definition) is 3. The molecule has 2 heterocycles. The zero-order chi connectivity index (χ0) is 11.9. The van der Waals surface area contributed by atoms with Crippen LogP contribution in [-0.2, 0) is 9.47 Å². The van der Waals surface area contributed by atoms with Crippen molar-refractivity contribution in [1.29, 1.82) is 0 Å². The van der Waals surface area contributed by atoms with Crippen molar-refractivity contribution in [1.82, 2.24) is 5.32 Å². The van der Waals surface area contributed by atoms with Gasteiger partial charge in [-0.15, -0.1) is 0 Å². The summed E-state index contributed by atoms with van der Waals surface area (Å²) in [6, 6.07) is 10.9. The maximum atomic E-state index is 6.08. The molecule has 3 heteroatoms. The van der Waals surface area contributed by atoms with Gasteiger partial charge in [-0.1, -0.05) is 30.3 Å². The molecule has 0 bridgehead atoms. The van der Waals surface area contributed by atoms with Crippen LogP contribution in [0.1, 0.15) is 25.3 Å². The third-order valence-electron chi connectivity index (χ3n) is 3.65. The fourth-order valence-electron chi connectivity index (χ4n) is 2.77. The molecule has 1 aromatic carbocycles. The van der Waals surface area contributed by atoms with E-state index in [0.29, 0.717) is 12.0 Å². The molecule has 1 aromatic rings. The van der Waals surface area contributed by atoms with Crippen molar-refractivity contribution in [2.45, 2.75) is 37.7 Å². The molecular weight excluding hydrogens is 214 g/mol. The summed E-state index contributed by atoms with van der Waals surface area (Å²) in [6.45, 7) is 5.69. The average Bonchev–Trinajstić information content (AvgIpc) is 2.71. The highest BCUT2D eigenvalue weighted by molar-refractivity contribution is 5.24. The molecule has 3 nitrogen and oxygen atoms in total. The molecule has 17 heavy (non-hydrogen) atoms. The highest BCUT2D eigenvalue weighted by Gasteiger charge is 2.45. The second-order valence-corrected chi connectivity index (χ2v) is 5.33. The summed E-state index contributed by atoms with van der Waals surface area (Å²) in [5.41, 5.74) is 1.35. The van der Waals surface area contributed by atoms with Gasteiger partial charge in [0.2, 0.25) is 0 Å². The fraction of sp³-hybridized carbons (Fsp3) is 0.571. The van der Waals surface area contributed by atoms with Gasteiger partial charge in [0.1, 0.15) is 0 Å². The molecule has 0 amide bonds. The number of ether oxygens (including phenoxy) is 2. The van der Waals surface area contributed by atoms with Crippen LogP contribution >= 0.6 is 0 Å². The van der Waals surface area contributed by atoms with E-state index in [4.69, 9.17) is 9.47 Å². The lowest BCUT2D eigenvalue weighted by Gasteiger charge is -2.39. The van der Waals surface area contributed by atoms with Crippen molar-refractivity contribution in [3.05, 3.63) is 35.9 Å². The predicted molar refractivity (Wildman–Crippen MR) is 65.9 cm³/mol. The van der Waals surface area contributed by atoms with Gasteiger partial charge < -0.3 is 14.8 Å². The van der Waals surface area contributed by atoms with Crippen molar-refractivity contribution >= 4 is 0 Å². The number of nitrogens with one attached hydrogen (secondary N) is 1. The molecule has 0 spiro atoms. The summed E-state index contributed by atoms with van der Waals surface area (Å²) < 4.78 is 11.8. The molecule has 2 aliphatic rings. The average molecular weight is 233 g/mol. The molecule has 1 unspecified atom stereocenters. The van der Waals surface area contributed by atoms with Gasteiger partial charge in [0.25, 0.3) is 0 Å². The van der Waals surface area contributed by atoms with Crippen LogP contribution in [-0.4, -0.2) is 31.1 Å². The van der Waals surface area contributed by atoms with Crippen LogP contribution in [0.5, 0.6) is 0 Å². The Labute approximate surface area is 102 Å². The minimum absolute atomic E-state index is 0.223. The molecule has 92 valence electrons. The van der Waals surface area contributed by atoms with Gasteiger partial charge in [-0.2, -0.15) is 0 Å². The van der Waals surface area contributed by atoms with Crippen LogP contribution in [0, 0.1) is 0 Å². The van der Waals surface area contributed by atoms with Gasteiger partial charge in [-0.05, 0) is 19.4 Å². The maximum absolute atomic E-state index is 6.08. The molecule has 0 saturated carbocycles. The van der Waals surface area contributed by atoms with Crippen molar-refractivity contribution < 1.29 is 9.47 Å². The van der Waals surface area contributed by atoms with Gasteiger partial charge in [-0.25, -0.2) is 0 Å². The van der Waals surface area contributed by atoms with E-state index in [2.05, 4.69) is 35.6 Å². The Morgan fingerprint density at radius 1 is 1.24 bits per heavy atom. The number of hydrogen-bond donors (Lipinski definition) is 1. The summed E-state index contributed by atoms with van der Waals surface area (Å²) in [5, 5.41) is 3.49. The molecule has 0 aliphatic carbocycles. The Bertz CT molecular complexity index is 390. The van der Waals surface area contributed by atoms with E-state index in [1.165, 1.54) is 5.56 Å². The Hall–Kier alpha value is -0.900. The van der Waals surface area contributed by atoms with Crippen LogP contribution in [0.4, 0.5) is 0 Å². The maximum Gasteiger partial charge on any atom is 0.163 e. The second-order valence-electron chi connectivity index (χ2n) is 5.33. The molecule has 1 N–H and O–H groups in total. The third-order valence-corrected chi connectivity index (χ3v) is 3.65. The molecule has 2 saturated heterocycles. The van der Waals surface area contributed by atoms with Gasteiger partial charge in [0.05, 0.1) is 18.8 Å². The summed E-state index contributed by atoms with van der Waals surface area (Å²) >= 11 is 0. The molecule has 2 fully saturated rings. The summed E-state index contributed by atoms with van der Waals surface area (Å²) in [6.07, 6.45) is 0.223. The Balaban J connectivity index is 1.83. The first-order chi connectivity index (χ1) is 8.16. The van der Waals surface area contributed by atoms with Crippen molar-refractivity contribution in [2.75, 3.05) is 13.2 Å². The lowest BCUT2D eigenvalue weighted by molar-refractivity contribution is -0.278. The number of benzene rings is 1. The van der Waals surface area contributed by atoms with Crippen LogP contribution in [0.25, 0.3) is 0 Å². The van der Waals surface area contributed by atoms with Crippen molar-refractivity contribution in [3.8, 4) is 0 Å². The predicted octanol–water partition coefficient (Wildman–Crippen LogP) is 1.89. The lowest BCUT2D eigenvalue weighted by atomic mass is 9.93. The molecular formula is C14H19NO2. The number of rotatable bonds is 1. The van der Waals surface area contributed by atoms with E-state index in [1.807, 2.05) is 13.8 Å². The van der Waals surface area contributed by atoms with Gasteiger partial charge in [0, 0.05) is 12.5 Å². The van der Waals surface area contributed by atoms with Crippen molar-refractivity contribution in [2.24, 2.45) is 0 Å². The minimum Gasteiger partial charge on any atom is -0.349 e. The normalized spacial score (nSPS) is 35.5. The first-order valence-electron chi connectivity index (χ1n) is 6.26. The Morgan fingerprint density at radius 3 is 2.76 bits per heavy atom. The highest BCUT2D eigenvalue weighted by atomic mass is 16.7. The number of fused-ring (bicyclic) bond motifs is 1. The molecule has 3 rings (SSSR count). The largest absolute Gasteiger partial charge is 0.349 e. The van der Waals surface area contributed by atoms with E-state index in [1.54, 1.807) is 0 Å². The van der Waals surface area contributed by atoms with Gasteiger partial charge in [-0.3, -0.25) is 0 Å². The minimum atomic E-state index is -0.458. The zero-order valence-electron chi connectivity index (χ0n) is 10.3. The van der Waals surface area contributed by atoms with E-state index >= 15 is 0 Å². The molecule has 3 atom stereocenters. The topological polar surface area (TPSA) is 30.5 Å². The monoisotopic (exact) mass is 233 g/mol. The van der Waals surface area contributed by atoms with E-state index in [9.17, 15) is 0 Å². The SMILES string of the molecule is CC1(C)OCC2NC[C@@H](c3ccccc3)[C@@H]2O1. The lowest BCUT2D eigenvalue weighted by Crippen LogP contribution is -2.50. The fourth-order valence-corrected chi connectivity index (χ4v) is 2.77. The van der Waals surface area contributed by atoms with E-state index in [0.717, 1.165) is 13.2 Å². The summed E-state index contributed by atoms with van der Waals surface area (Å²) in [5.74, 6) is -0.0235. The Morgan fingerprint density at radius 2 is 2.00 bits per heavy atom. The summed E-state index contributed by atoms with van der Waals surface area (Å²) in [4.78, 5) is 0. The highest BCUT2D eigenvalue weighted by Crippen LogP contribution is 2.35. The molecule has 2 aliphatic heterocycles. The standard InChI is InChI=1S/C14H19NO2/c1-14(2)16-9-12-13(17-14)11(8-15-12)10-6-4-3-5-7-10/h3-7,11-13,15H,8-9H2,1-2H3/t11-,12?,13-/m0/s1. The van der Waals surface area contributed by atoms with Crippen LogP contribution in [0.3, 0.4) is 0 Å². The van der Waals surface area contributed by atoms with Crippen molar-refractivity contribution in [3.63, 3.8) is 0 Å². The van der Waals surface area contributed by atoms with E-state index in [-0.39, 0.29) is 6.10 Å². The second kappa shape index (κ2) is 4.09. The first-order valence-corrected chi connectivity index (χ1v) is 6.26. The van der Waals surface area contributed by atoms with Crippen LogP contribution in [0.2, 0.25) is 0 Å².